The normalized spacial score (nSPS) is 17.9. The fraction of sp³-hybridized carbons (Fsp3) is 0.400. The Morgan fingerprint density at radius 2 is 1.80 bits per heavy atom. The molecule has 2 aromatic carbocycles. The Morgan fingerprint density at radius 1 is 1.06 bits per heavy atom. The highest BCUT2D eigenvalue weighted by Gasteiger charge is 2.34. The third kappa shape index (κ3) is 7.93. The van der Waals surface area contributed by atoms with E-state index in [1.807, 2.05) is 60.7 Å². The standard InChI is InChI=1S/C30H37NO4/c1-22(2)18-27(30(3)16-8-5-9-17-30)31-29(34)26-19-24(12-13-25(26)14-15-28(32)33)21-35-20-23-10-6-4-7-11-23/h4-13,16,19,22,27H,14-15,17-18,20-21H2,1-3H3,(H,31,34)(H,32,33). The van der Waals surface area contributed by atoms with E-state index >= 15 is 0 Å². The molecule has 3 rings (SSSR count). The molecule has 5 nitrogen and oxygen atoms in total. The molecule has 2 unspecified atom stereocenters. The Morgan fingerprint density at radius 3 is 2.46 bits per heavy atom. The predicted molar refractivity (Wildman–Crippen MR) is 139 cm³/mol. The molecule has 1 aliphatic carbocycles. The number of carboxylic acid groups (broad SMARTS) is 1. The number of aryl methyl sites for hydroxylation is 1. The van der Waals surface area contributed by atoms with Crippen molar-refractivity contribution in [1.82, 2.24) is 5.32 Å². The molecule has 0 bridgehead atoms. The molecule has 0 fully saturated rings. The number of amides is 1. The molecule has 0 heterocycles. The SMILES string of the molecule is CC(C)CC(NC(=O)c1cc(COCc2ccccc2)ccc1CCC(=O)O)C1(C)C=CC=CC1. The van der Waals surface area contributed by atoms with Crippen molar-refractivity contribution in [3.63, 3.8) is 0 Å². The Labute approximate surface area is 208 Å². The lowest BCUT2D eigenvalue weighted by molar-refractivity contribution is -0.136. The summed E-state index contributed by atoms with van der Waals surface area (Å²) in [5, 5.41) is 12.5. The number of nitrogens with one attached hydrogen (secondary N) is 1. The smallest absolute Gasteiger partial charge is 0.303 e. The van der Waals surface area contributed by atoms with Gasteiger partial charge in [0.05, 0.1) is 13.2 Å². The van der Waals surface area contributed by atoms with Crippen molar-refractivity contribution >= 4 is 11.9 Å². The van der Waals surface area contributed by atoms with Gasteiger partial charge in [-0.3, -0.25) is 9.59 Å². The highest BCUT2D eigenvalue weighted by molar-refractivity contribution is 5.96. The summed E-state index contributed by atoms with van der Waals surface area (Å²) in [7, 11) is 0. The van der Waals surface area contributed by atoms with Crippen LogP contribution in [0.2, 0.25) is 0 Å². The fourth-order valence-corrected chi connectivity index (χ4v) is 4.45. The van der Waals surface area contributed by atoms with Crippen LogP contribution in [0.3, 0.4) is 0 Å². The second-order valence-electron chi connectivity index (χ2n) is 10.0. The lowest BCUT2D eigenvalue weighted by Gasteiger charge is -2.37. The lowest BCUT2D eigenvalue weighted by Crippen LogP contribution is -2.46. The van der Waals surface area contributed by atoms with Crippen LogP contribution in [0.1, 0.15) is 67.1 Å². The van der Waals surface area contributed by atoms with Crippen LogP contribution in [0.5, 0.6) is 0 Å². The summed E-state index contributed by atoms with van der Waals surface area (Å²) < 4.78 is 5.88. The summed E-state index contributed by atoms with van der Waals surface area (Å²) in [5.74, 6) is -0.623. The summed E-state index contributed by atoms with van der Waals surface area (Å²) in [6.45, 7) is 7.36. The molecule has 5 heteroatoms. The number of ether oxygens (including phenoxy) is 1. The van der Waals surface area contributed by atoms with E-state index < -0.39 is 5.97 Å². The molecular formula is C30H37NO4. The van der Waals surface area contributed by atoms with Crippen LogP contribution in [0.25, 0.3) is 0 Å². The van der Waals surface area contributed by atoms with Crippen molar-refractivity contribution in [1.29, 1.82) is 0 Å². The van der Waals surface area contributed by atoms with E-state index in [1.165, 1.54) is 0 Å². The van der Waals surface area contributed by atoms with Gasteiger partial charge in [-0.1, -0.05) is 87.5 Å². The summed E-state index contributed by atoms with van der Waals surface area (Å²) in [6.07, 6.45) is 10.4. The summed E-state index contributed by atoms with van der Waals surface area (Å²) in [5.41, 5.74) is 3.07. The minimum Gasteiger partial charge on any atom is -0.481 e. The van der Waals surface area contributed by atoms with Crippen molar-refractivity contribution in [2.45, 2.75) is 65.7 Å². The van der Waals surface area contributed by atoms with Crippen LogP contribution in [0, 0.1) is 11.3 Å². The number of allylic oxidation sites excluding steroid dienone is 3. The Hall–Kier alpha value is -3.18. The summed E-state index contributed by atoms with van der Waals surface area (Å²) >= 11 is 0. The van der Waals surface area contributed by atoms with E-state index in [9.17, 15) is 14.7 Å². The maximum absolute atomic E-state index is 13.6. The van der Waals surface area contributed by atoms with Gasteiger partial charge in [0, 0.05) is 23.4 Å². The number of carboxylic acids is 1. The first-order valence-electron chi connectivity index (χ1n) is 12.4. The van der Waals surface area contributed by atoms with Crippen LogP contribution in [0.4, 0.5) is 0 Å². The average molecular weight is 476 g/mol. The first kappa shape index (κ1) is 26.4. The van der Waals surface area contributed by atoms with Gasteiger partial charge in [-0.2, -0.15) is 0 Å². The molecule has 1 aliphatic rings. The van der Waals surface area contributed by atoms with Gasteiger partial charge in [-0.05, 0) is 47.9 Å². The molecule has 2 atom stereocenters. The number of carbonyl (C=O) groups excluding carboxylic acids is 1. The zero-order valence-electron chi connectivity index (χ0n) is 21.0. The third-order valence-electron chi connectivity index (χ3n) is 6.50. The van der Waals surface area contributed by atoms with Gasteiger partial charge in [0.2, 0.25) is 0 Å². The van der Waals surface area contributed by atoms with Gasteiger partial charge in [0.1, 0.15) is 0 Å². The molecule has 0 radical (unpaired) electrons. The molecule has 0 aromatic heterocycles. The molecule has 2 N–H and O–H groups in total. The molecule has 0 saturated heterocycles. The maximum Gasteiger partial charge on any atom is 0.303 e. The molecule has 2 aromatic rings. The van der Waals surface area contributed by atoms with E-state index in [-0.39, 0.29) is 23.8 Å². The molecular weight excluding hydrogens is 438 g/mol. The molecule has 0 spiro atoms. The Bertz CT molecular complexity index is 1060. The second-order valence-corrected chi connectivity index (χ2v) is 10.0. The van der Waals surface area contributed by atoms with Crippen LogP contribution in [-0.2, 0) is 29.2 Å². The van der Waals surface area contributed by atoms with Crippen LogP contribution in [-0.4, -0.2) is 23.0 Å². The van der Waals surface area contributed by atoms with Crippen molar-refractivity contribution in [3.05, 3.63) is 95.1 Å². The second kappa shape index (κ2) is 12.5. The number of hydrogen-bond donors (Lipinski definition) is 2. The van der Waals surface area contributed by atoms with Gasteiger partial charge in [-0.15, -0.1) is 0 Å². The van der Waals surface area contributed by atoms with Crippen molar-refractivity contribution < 1.29 is 19.4 Å². The topological polar surface area (TPSA) is 75.6 Å². The van der Waals surface area contributed by atoms with Gasteiger partial charge >= 0.3 is 5.97 Å². The fourth-order valence-electron chi connectivity index (χ4n) is 4.45. The molecule has 186 valence electrons. The first-order chi connectivity index (χ1) is 16.8. The summed E-state index contributed by atoms with van der Waals surface area (Å²) in [6, 6.07) is 15.5. The van der Waals surface area contributed by atoms with Crippen molar-refractivity contribution in [2.75, 3.05) is 0 Å². The van der Waals surface area contributed by atoms with E-state index in [4.69, 9.17) is 4.74 Å². The monoisotopic (exact) mass is 475 g/mol. The van der Waals surface area contributed by atoms with E-state index in [2.05, 4.69) is 38.2 Å². The number of carbonyl (C=O) groups is 2. The van der Waals surface area contributed by atoms with E-state index in [0.29, 0.717) is 31.1 Å². The molecule has 0 saturated carbocycles. The van der Waals surface area contributed by atoms with Crippen molar-refractivity contribution in [3.8, 4) is 0 Å². The Kier molecular flexibility index (Phi) is 9.44. The van der Waals surface area contributed by atoms with Crippen LogP contribution in [0.15, 0.2) is 72.8 Å². The number of rotatable bonds is 12. The highest BCUT2D eigenvalue weighted by Crippen LogP contribution is 2.34. The molecule has 0 aliphatic heterocycles. The van der Waals surface area contributed by atoms with Gasteiger partial charge in [0.25, 0.3) is 5.91 Å². The number of aliphatic carboxylic acids is 1. The van der Waals surface area contributed by atoms with E-state index in [0.717, 1.165) is 29.5 Å². The highest BCUT2D eigenvalue weighted by atomic mass is 16.5. The van der Waals surface area contributed by atoms with E-state index in [1.54, 1.807) is 0 Å². The minimum absolute atomic E-state index is 0.0230. The molecule has 1 amide bonds. The zero-order valence-corrected chi connectivity index (χ0v) is 21.0. The summed E-state index contributed by atoms with van der Waals surface area (Å²) in [4.78, 5) is 24.8. The zero-order chi connectivity index (χ0) is 25.3. The third-order valence-corrected chi connectivity index (χ3v) is 6.50. The lowest BCUT2D eigenvalue weighted by atomic mass is 9.74. The van der Waals surface area contributed by atoms with Crippen molar-refractivity contribution in [2.24, 2.45) is 11.3 Å². The quantitative estimate of drug-likeness (QED) is 0.390. The van der Waals surface area contributed by atoms with Gasteiger partial charge in [0.15, 0.2) is 0 Å². The maximum atomic E-state index is 13.6. The number of benzene rings is 2. The minimum atomic E-state index is -0.879. The average Bonchev–Trinajstić information content (AvgIpc) is 2.83. The first-order valence-corrected chi connectivity index (χ1v) is 12.4. The van der Waals surface area contributed by atoms with Crippen LogP contribution < -0.4 is 5.32 Å². The largest absolute Gasteiger partial charge is 0.481 e. The number of hydrogen-bond acceptors (Lipinski definition) is 3. The molecule has 35 heavy (non-hydrogen) atoms. The predicted octanol–water partition coefficient (Wildman–Crippen LogP) is 6.09. The Balaban J connectivity index is 1.80. The van der Waals surface area contributed by atoms with Crippen LogP contribution >= 0.6 is 0 Å². The van der Waals surface area contributed by atoms with Gasteiger partial charge < -0.3 is 15.2 Å². The van der Waals surface area contributed by atoms with Gasteiger partial charge in [-0.25, -0.2) is 0 Å².